The molecule has 0 bridgehead atoms. The molecule has 2 saturated heterocycles. The fourth-order valence-corrected chi connectivity index (χ4v) is 1.82. The second-order valence-corrected chi connectivity index (χ2v) is 4.61. The van der Waals surface area contributed by atoms with Crippen molar-refractivity contribution in [2.45, 2.75) is 6.04 Å². The molecule has 0 spiro atoms. The first-order valence-corrected chi connectivity index (χ1v) is 4.81. The van der Waals surface area contributed by atoms with Gasteiger partial charge in [0.2, 0.25) is 0 Å². The smallest absolute Gasteiger partial charge is 0.0912 e. The Bertz CT molecular complexity index is 156. The summed E-state index contributed by atoms with van der Waals surface area (Å²) >= 11 is 0. The molecule has 0 aromatic carbocycles. The van der Waals surface area contributed by atoms with Crippen molar-refractivity contribution in [2.24, 2.45) is 0 Å². The van der Waals surface area contributed by atoms with Crippen LogP contribution in [0, 0.1) is 0 Å². The van der Waals surface area contributed by atoms with Gasteiger partial charge in [0.15, 0.2) is 0 Å². The van der Waals surface area contributed by atoms with E-state index in [1.54, 1.807) is 0 Å². The highest BCUT2D eigenvalue weighted by molar-refractivity contribution is 4.78. The SMILES string of the molecule is C[N+]1(C)CCN(C2COC2)CC1. The topological polar surface area (TPSA) is 12.5 Å². The van der Waals surface area contributed by atoms with Crippen molar-refractivity contribution < 1.29 is 9.22 Å². The molecular formula is C9H19N2O+. The van der Waals surface area contributed by atoms with Crippen LogP contribution in [-0.2, 0) is 4.74 Å². The minimum atomic E-state index is 0.741. The van der Waals surface area contributed by atoms with Crippen molar-refractivity contribution in [2.75, 3.05) is 53.5 Å². The van der Waals surface area contributed by atoms with Crippen LogP contribution in [0.3, 0.4) is 0 Å². The van der Waals surface area contributed by atoms with E-state index in [-0.39, 0.29) is 0 Å². The summed E-state index contributed by atoms with van der Waals surface area (Å²) in [6.45, 7) is 7.01. The maximum Gasteiger partial charge on any atom is 0.0912 e. The van der Waals surface area contributed by atoms with Gasteiger partial charge in [0.05, 0.1) is 46.4 Å². The highest BCUT2D eigenvalue weighted by Gasteiger charge is 2.32. The Morgan fingerprint density at radius 3 is 2.17 bits per heavy atom. The van der Waals surface area contributed by atoms with Gasteiger partial charge in [-0.1, -0.05) is 0 Å². The lowest BCUT2D eigenvalue weighted by Gasteiger charge is -2.44. The summed E-state index contributed by atoms with van der Waals surface area (Å²) in [6, 6.07) is 0.741. The van der Waals surface area contributed by atoms with E-state index in [1.807, 2.05) is 0 Å². The van der Waals surface area contributed by atoms with Gasteiger partial charge in [0, 0.05) is 13.1 Å². The zero-order valence-electron chi connectivity index (χ0n) is 8.12. The third-order valence-electron chi connectivity index (χ3n) is 3.12. The van der Waals surface area contributed by atoms with Crippen LogP contribution in [0.4, 0.5) is 0 Å². The fraction of sp³-hybridized carbons (Fsp3) is 1.00. The van der Waals surface area contributed by atoms with Crippen LogP contribution in [0.5, 0.6) is 0 Å². The highest BCUT2D eigenvalue weighted by Crippen LogP contribution is 2.14. The van der Waals surface area contributed by atoms with Crippen molar-refractivity contribution in [3.05, 3.63) is 0 Å². The van der Waals surface area contributed by atoms with Gasteiger partial charge in [-0.3, -0.25) is 4.90 Å². The van der Waals surface area contributed by atoms with Gasteiger partial charge in [-0.25, -0.2) is 0 Å². The lowest BCUT2D eigenvalue weighted by atomic mass is 10.2. The number of quaternary nitrogens is 1. The fourth-order valence-electron chi connectivity index (χ4n) is 1.82. The Morgan fingerprint density at radius 1 is 1.17 bits per heavy atom. The Hall–Kier alpha value is -0.120. The van der Waals surface area contributed by atoms with Gasteiger partial charge in [-0.05, 0) is 0 Å². The summed E-state index contributed by atoms with van der Waals surface area (Å²) in [6.07, 6.45) is 0. The van der Waals surface area contributed by atoms with Crippen molar-refractivity contribution in [3.8, 4) is 0 Å². The van der Waals surface area contributed by atoms with Gasteiger partial charge in [-0.2, -0.15) is 0 Å². The maximum absolute atomic E-state index is 5.19. The molecule has 0 N–H and O–H groups in total. The van der Waals surface area contributed by atoms with Crippen LogP contribution in [0.25, 0.3) is 0 Å². The molecule has 0 saturated carbocycles. The molecule has 2 aliphatic rings. The van der Waals surface area contributed by atoms with E-state index in [2.05, 4.69) is 19.0 Å². The first-order valence-electron chi connectivity index (χ1n) is 4.81. The van der Waals surface area contributed by atoms with Crippen molar-refractivity contribution in [3.63, 3.8) is 0 Å². The van der Waals surface area contributed by atoms with E-state index in [9.17, 15) is 0 Å². The molecular weight excluding hydrogens is 152 g/mol. The average Bonchev–Trinajstić information content (AvgIpc) is 1.89. The third-order valence-corrected chi connectivity index (χ3v) is 3.12. The summed E-state index contributed by atoms with van der Waals surface area (Å²) in [4.78, 5) is 2.58. The first kappa shape index (κ1) is 8.48. The average molecular weight is 171 g/mol. The standard InChI is InChI=1S/C9H19N2O/c1-11(2)5-3-10(4-6-11)9-7-12-8-9/h9H,3-8H2,1-2H3/q+1. The molecule has 3 heteroatoms. The Kier molecular flexibility index (Phi) is 2.10. The van der Waals surface area contributed by atoms with E-state index in [4.69, 9.17) is 4.74 Å². The van der Waals surface area contributed by atoms with E-state index in [0.29, 0.717) is 0 Å². The maximum atomic E-state index is 5.19. The van der Waals surface area contributed by atoms with Crippen molar-refractivity contribution >= 4 is 0 Å². The Labute approximate surface area is 74.5 Å². The molecule has 0 aromatic rings. The molecule has 0 amide bonds. The number of ether oxygens (including phenoxy) is 1. The zero-order valence-corrected chi connectivity index (χ0v) is 8.12. The summed E-state index contributed by atoms with van der Waals surface area (Å²) < 4.78 is 6.38. The molecule has 0 aliphatic carbocycles. The second kappa shape index (κ2) is 2.98. The van der Waals surface area contributed by atoms with Gasteiger partial charge in [-0.15, -0.1) is 0 Å². The lowest BCUT2D eigenvalue weighted by Crippen LogP contribution is -2.60. The highest BCUT2D eigenvalue weighted by atomic mass is 16.5. The number of nitrogens with zero attached hydrogens (tertiary/aromatic N) is 2. The van der Waals surface area contributed by atoms with Crippen LogP contribution in [0.2, 0.25) is 0 Å². The minimum absolute atomic E-state index is 0.741. The minimum Gasteiger partial charge on any atom is -0.378 e. The Morgan fingerprint density at radius 2 is 1.75 bits per heavy atom. The second-order valence-electron chi connectivity index (χ2n) is 4.61. The molecule has 2 heterocycles. The van der Waals surface area contributed by atoms with Crippen LogP contribution in [-0.4, -0.2) is 68.9 Å². The van der Waals surface area contributed by atoms with Gasteiger partial charge >= 0.3 is 0 Å². The number of rotatable bonds is 1. The van der Waals surface area contributed by atoms with Crippen LogP contribution in [0.15, 0.2) is 0 Å². The van der Waals surface area contributed by atoms with E-state index in [0.717, 1.165) is 19.3 Å². The number of hydrogen-bond donors (Lipinski definition) is 0. The molecule has 2 rings (SSSR count). The lowest BCUT2D eigenvalue weighted by molar-refractivity contribution is -0.894. The molecule has 70 valence electrons. The van der Waals surface area contributed by atoms with Gasteiger partial charge < -0.3 is 9.22 Å². The van der Waals surface area contributed by atoms with Crippen molar-refractivity contribution in [1.29, 1.82) is 0 Å². The molecule has 2 fully saturated rings. The van der Waals surface area contributed by atoms with Crippen LogP contribution >= 0.6 is 0 Å². The molecule has 3 nitrogen and oxygen atoms in total. The van der Waals surface area contributed by atoms with E-state index >= 15 is 0 Å². The van der Waals surface area contributed by atoms with E-state index < -0.39 is 0 Å². The van der Waals surface area contributed by atoms with Crippen molar-refractivity contribution in [1.82, 2.24) is 4.90 Å². The first-order chi connectivity index (χ1) is 5.67. The molecule has 2 aliphatic heterocycles. The largest absolute Gasteiger partial charge is 0.378 e. The number of hydrogen-bond acceptors (Lipinski definition) is 2. The molecule has 12 heavy (non-hydrogen) atoms. The van der Waals surface area contributed by atoms with Gasteiger partial charge in [0.1, 0.15) is 0 Å². The summed E-state index contributed by atoms with van der Waals surface area (Å²) in [5, 5.41) is 0. The van der Waals surface area contributed by atoms with E-state index in [1.165, 1.54) is 30.7 Å². The number of likely N-dealkylation sites (N-methyl/N-ethyl adjacent to an activating group) is 1. The summed E-state index contributed by atoms with van der Waals surface area (Å²) in [5.41, 5.74) is 0. The predicted molar refractivity (Wildman–Crippen MR) is 48.0 cm³/mol. The molecule has 0 aromatic heterocycles. The summed E-state index contributed by atoms with van der Waals surface area (Å²) in [7, 11) is 4.63. The van der Waals surface area contributed by atoms with Crippen LogP contribution in [0.1, 0.15) is 0 Å². The predicted octanol–water partition coefficient (Wildman–Crippen LogP) is -0.223. The van der Waals surface area contributed by atoms with Crippen LogP contribution < -0.4 is 0 Å². The molecule has 0 atom stereocenters. The zero-order chi connectivity index (χ0) is 8.60. The van der Waals surface area contributed by atoms with Gasteiger partial charge in [0.25, 0.3) is 0 Å². The molecule has 0 radical (unpaired) electrons. The third kappa shape index (κ3) is 1.63. The normalized spacial score (nSPS) is 31.5. The quantitative estimate of drug-likeness (QED) is 0.506. The summed E-state index contributed by atoms with van der Waals surface area (Å²) in [5.74, 6) is 0. The number of piperazine rings is 1. The monoisotopic (exact) mass is 171 g/mol. The Balaban J connectivity index is 1.81. The molecule has 0 unspecified atom stereocenters.